The molecular weight excluding hydrogens is 358 g/mol. The maximum atomic E-state index is 12.7. The van der Waals surface area contributed by atoms with Gasteiger partial charge < -0.3 is 9.64 Å². The lowest BCUT2D eigenvalue weighted by Crippen LogP contribution is -2.36. The highest BCUT2D eigenvalue weighted by molar-refractivity contribution is 7.17. The summed E-state index contributed by atoms with van der Waals surface area (Å²) in [7, 11) is 0. The Morgan fingerprint density at radius 2 is 2.00 bits per heavy atom. The minimum atomic E-state index is 0.190. The van der Waals surface area contributed by atoms with Crippen molar-refractivity contribution >= 4 is 38.6 Å². The fourth-order valence-corrected chi connectivity index (χ4v) is 4.73. The van der Waals surface area contributed by atoms with Crippen molar-refractivity contribution < 1.29 is 9.53 Å². The van der Waals surface area contributed by atoms with Crippen molar-refractivity contribution in [2.75, 3.05) is 31.2 Å². The Hall–Kier alpha value is -2.57. The van der Waals surface area contributed by atoms with Crippen LogP contribution in [0.25, 0.3) is 16.3 Å². The molecule has 1 aliphatic carbocycles. The largest absolute Gasteiger partial charge is 0.378 e. The Kier molecular flexibility index (Phi) is 4.22. The van der Waals surface area contributed by atoms with E-state index in [9.17, 15) is 4.79 Å². The third-order valence-electron chi connectivity index (χ3n) is 5.08. The normalized spacial score (nSPS) is 17.6. The number of hydrogen-bond donors (Lipinski definition) is 0. The van der Waals surface area contributed by atoms with Gasteiger partial charge in [0.25, 0.3) is 0 Å². The van der Waals surface area contributed by atoms with Gasteiger partial charge in [0, 0.05) is 42.9 Å². The van der Waals surface area contributed by atoms with Gasteiger partial charge in [-0.2, -0.15) is 0 Å². The summed E-state index contributed by atoms with van der Waals surface area (Å²) in [6.45, 7) is 3.06. The summed E-state index contributed by atoms with van der Waals surface area (Å²) < 4.78 is 5.45. The van der Waals surface area contributed by atoms with E-state index in [1.54, 1.807) is 6.20 Å². The standard InChI is InChI=1S/C21H19N3O2S/c25-18-3-1-2-17(15-5-4-14-6-7-22-13-16(14)12-15)19-20(18)27-21(23-19)24-8-10-26-11-9-24/h2,4-7,12-13H,1,3,8-11H2. The highest BCUT2D eigenvalue weighted by Gasteiger charge is 2.26. The van der Waals surface area contributed by atoms with Crippen molar-refractivity contribution in [3.8, 4) is 0 Å². The van der Waals surface area contributed by atoms with Gasteiger partial charge in [-0.05, 0) is 29.5 Å². The van der Waals surface area contributed by atoms with Crippen LogP contribution in [0.1, 0.15) is 33.8 Å². The third kappa shape index (κ3) is 3.05. The van der Waals surface area contributed by atoms with E-state index in [-0.39, 0.29) is 5.78 Å². The molecular formula is C21H19N3O2S. The number of allylic oxidation sites excluding steroid dienone is 1. The Balaban J connectivity index is 1.60. The number of benzene rings is 1. The number of pyridine rings is 1. The zero-order chi connectivity index (χ0) is 18.2. The van der Waals surface area contributed by atoms with Crippen LogP contribution in [0.5, 0.6) is 0 Å². The van der Waals surface area contributed by atoms with Crippen molar-refractivity contribution in [1.82, 2.24) is 9.97 Å². The van der Waals surface area contributed by atoms with E-state index in [4.69, 9.17) is 9.72 Å². The molecule has 0 saturated carbocycles. The molecule has 2 aromatic heterocycles. The van der Waals surface area contributed by atoms with E-state index in [0.29, 0.717) is 19.6 Å². The first-order valence-electron chi connectivity index (χ1n) is 9.21. The summed E-state index contributed by atoms with van der Waals surface area (Å²) in [6, 6.07) is 8.37. The number of ether oxygens (including phenoxy) is 1. The quantitative estimate of drug-likeness (QED) is 0.677. The summed E-state index contributed by atoms with van der Waals surface area (Å²) in [4.78, 5) is 24.8. The predicted molar refractivity (Wildman–Crippen MR) is 108 cm³/mol. The van der Waals surface area contributed by atoms with Gasteiger partial charge in [-0.1, -0.05) is 29.5 Å². The Morgan fingerprint density at radius 3 is 2.89 bits per heavy atom. The molecule has 6 heteroatoms. The molecule has 0 spiro atoms. The molecule has 0 radical (unpaired) electrons. The van der Waals surface area contributed by atoms with Gasteiger partial charge in [0.1, 0.15) is 4.88 Å². The molecule has 5 nitrogen and oxygen atoms in total. The minimum Gasteiger partial charge on any atom is -0.378 e. The fraction of sp³-hybridized carbons (Fsp3) is 0.286. The molecule has 1 aliphatic heterocycles. The fourth-order valence-electron chi connectivity index (χ4n) is 3.64. The van der Waals surface area contributed by atoms with Crippen LogP contribution in [0.3, 0.4) is 0 Å². The first-order valence-corrected chi connectivity index (χ1v) is 10.0. The smallest absolute Gasteiger partial charge is 0.186 e. The van der Waals surface area contributed by atoms with Crippen LogP contribution in [0.15, 0.2) is 42.7 Å². The van der Waals surface area contributed by atoms with Gasteiger partial charge in [0.05, 0.1) is 18.9 Å². The Morgan fingerprint density at radius 1 is 1.11 bits per heavy atom. The highest BCUT2D eigenvalue weighted by Crippen LogP contribution is 2.37. The molecule has 1 saturated heterocycles. The minimum absolute atomic E-state index is 0.190. The number of aromatic nitrogens is 2. The van der Waals surface area contributed by atoms with Crippen LogP contribution in [-0.4, -0.2) is 42.1 Å². The number of carbonyl (C=O) groups is 1. The topological polar surface area (TPSA) is 55.3 Å². The van der Waals surface area contributed by atoms with Crippen molar-refractivity contribution in [3.63, 3.8) is 0 Å². The molecule has 3 aromatic rings. The number of fused-ring (bicyclic) bond motifs is 2. The maximum absolute atomic E-state index is 12.7. The van der Waals surface area contributed by atoms with Gasteiger partial charge in [-0.15, -0.1) is 0 Å². The van der Waals surface area contributed by atoms with Gasteiger partial charge in [-0.3, -0.25) is 9.78 Å². The second kappa shape index (κ2) is 6.87. The highest BCUT2D eigenvalue weighted by atomic mass is 32.1. The van der Waals surface area contributed by atoms with E-state index < -0.39 is 0 Å². The lowest BCUT2D eigenvalue weighted by molar-refractivity contribution is 0.0988. The van der Waals surface area contributed by atoms with Gasteiger partial charge in [-0.25, -0.2) is 4.98 Å². The number of anilines is 1. The number of morpholine rings is 1. The first kappa shape index (κ1) is 16.6. The van der Waals surface area contributed by atoms with Crippen LogP contribution >= 0.6 is 11.3 Å². The van der Waals surface area contributed by atoms with Crippen LogP contribution in [0, 0.1) is 0 Å². The van der Waals surface area contributed by atoms with Crippen LogP contribution in [-0.2, 0) is 4.74 Å². The number of hydrogen-bond acceptors (Lipinski definition) is 6. The molecule has 0 atom stereocenters. The summed E-state index contributed by atoms with van der Waals surface area (Å²) >= 11 is 1.52. The van der Waals surface area contributed by atoms with Crippen molar-refractivity contribution in [2.45, 2.75) is 12.8 Å². The summed E-state index contributed by atoms with van der Waals surface area (Å²) in [5.41, 5.74) is 2.97. The average Bonchev–Trinajstić information content (AvgIpc) is 3.10. The van der Waals surface area contributed by atoms with Gasteiger partial charge >= 0.3 is 0 Å². The molecule has 1 fully saturated rings. The van der Waals surface area contributed by atoms with E-state index in [1.807, 2.05) is 12.3 Å². The molecule has 27 heavy (non-hydrogen) atoms. The lowest BCUT2D eigenvalue weighted by Gasteiger charge is -2.26. The number of Topliss-reactive ketones (excluding diaryl/α,β-unsaturated/α-hetero) is 1. The van der Waals surface area contributed by atoms with E-state index >= 15 is 0 Å². The Labute approximate surface area is 161 Å². The Bertz CT molecular complexity index is 1050. The summed E-state index contributed by atoms with van der Waals surface area (Å²) in [5.74, 6) is 0.190. The maximum Gasteiger partial charge on any atom is 0.186 e. The summed E-state index contributed by atoms with van der Waals surface area (Å²) in [6.07, 6.45) is 7.12. The van der Waals surface area contributed by atoms with Crippen LogP contribution in [0.2, 0.25) is 0 Å². The molecule has 0 amide bonds. The van der Waals surface area contributed by atoms with E-state index in [1.165, 1.54) is 11.3 Å². The molecule has 136 valence electrons. The molecule has 2 aliphatic rings. The third-order valence-corrected chi connectivity index (χ3v) is 6.23. The second-order valence-electron chi connectivity index (χ2n) is 6.79. The van der Waals surface area contributed by atoms with Crippen molar-refractivity contribution in [3.05, 3.63) is 58.9 Å². The molecule has 5 rings (SSSR count). The predicted octanol–water partition coefficient (Wildman–Crippen LogP) is 3.94. The molecule has 0 unspecified atom stereocenters. The van der Waals surface area contributed by atoms with E-state index in [2.05, 4.69) is 34.2 Å². The van der Waals surface area contributed by atoms with Crippen molar-refractivity contribution in [2.24, 2.45) is 0 Å². The number of nitrogens with zero attached hydrogens (tertiary/aromatic N) is 3. The van der Waals surface area contributed by atoms with E-state index in [0.717, 1.165) is 57.1 Å². The number of thiazole rings is 1. The lowest BCUT2D eigenvalue weighted by atomic mass is 9.99. The van der Waals surface area contributed by atoms with Gasteiger partial charge in [0.15, 0.2) is 10.9 Å². The number of ketones is 1. The molecule has 0 bridgehead atoms. The summed E-state index contributed by atoms with van der Waals surface area (Å²) in [5, 5.41) is 3.18. The zero-order valence-electron chi connectivity index (χ0n) is 14.9. The molecule has 3 heterocycles. The second-order valence-corrected chi connectivity index (χ2v) is 7.77. The number of rotatable bonds is 2. The van der Waals surface area contributed by atoms with Gasteiger partial charge in [0.2, 0.25) is 0 Å². The molecule has 0 N–H and O–H groups in total. The molecule has 1 aromatic carbocycles. The van der Waals surface area contributed by atoms with Crippen LogP contribution < -0.4 is 4.90 Å². The average molecular weight is 377 g/mol. The first-order chi connectivity index (χ1) is 13.3. The SMILES string of the molecule is O=C1CCC=C(c2ccc3ccncc3c2)c2nc(N3CCOCC3)sc21. The van der Waals surface area contributed by atoms with Crippen molar-refractivity contribution in [1.29, 1.82) is 0 Å². The van der Waals surface area contributed by atoms with Crippen LogP contribution in [0.4, 0.5) is 5.13 Å². The number of carbonyl (C=O) groups excluding carboxylic acids is 1. The zero-order valence-corrected chi connectivity index (χ0v) is 15.7. The monoisotopic (exact) mass is 377 g/mol.